The van der Waals surface area contributed by atoms with E-state index in [1.54, 1.807) is 12.0 Å². The summed E-state index contributed by atoms with van der Waals surface area (Å²) in [6.45, 7) is 9.47. The molecule has 0 aromatic heterocycles. The van der Waals surface area contributed by atoms with E-state index in [0.29, 0.717) is 49.5 Å². The molecule has 7 heteroatoms. The minimum Gasteiger partial charge on any atom is -0.481 e. The predicted molar refractivity (Wildman–Crippen MR) is 140 cm³/mol. The number of nitrogens with one attached hydrogen (secondary N) is 1. The molecule has 2 amide bonds. The summed E-state index contributed by atoms with van der Waals surface area (Å²) in [6.07, 6.45) is 6.76. The molecule has 1 aromatic carbocycles. The van der Waals surface area contributed by atoms with Crippen LogP contribution in [0.15, 0.2) is 30.0 Å². The number of carbonyl (C=O) groups is 2. The molecule has 0 radical (unpaired) electrons. The minimum absolute atomic E-state index is 0.0801. The molecule has 4 saturated carbocycles. The van der Waals surface area contributed by atoms with Gasteiger partial charge in [0.05, 0.1) is 17.6 Å². The van der Waals surface area contributed by atoms with Crippen molar-refractivity contribution < 1.29 is 19.4 Å². The van der Waals surface area contributed by atoms with E-state index >= 15 is 0 Å². The molecular weight excluding hydrogens is 476 g/mol. The van der Waals surface area contributed by atoms with Crippen molar-refractivity contribution in [2.75, 3.05) is 13.7 Å². The van der Waals surface area contributed by atoms with Crippen LogP contribution in [0.25, 0.3) is 0 Å². The molecule has 6 nitrogen and oxygen atoms in total. The van der Waals surface area contributed by atoms with E-state index in [4.69, 9.17) is 16.3 Å². The Morgan fingerprint density at radius 2 is 1.94 bits per heavy atom. The first-order valence-corrected chi connectivity index (χ1v) is 13.6. The van der Waals surface area contributed by atoms with Gasteiger partial charge in [0.2, 0.25) is 0 Å². The van der Waals surface area contributed by atoms with Crippen molar-refractivity contribution in [1.29, 1.82) is 0 Å². The molecule has 1 unspecified atom stereocenters. The summed E-state index contributed by atoms with van der Waals surface area (Å²) in [6, 6.07) is 6.01. The molecule has 36 heavy (non-hydrogen) atoms. The van der Waals surface area contributed by atoms with Gasteiger partial charge in [0, 0.05) is 24.4 Å². The van der Waals surface area contributed by atoms with Crippen molar-refractivity contribution in [3.8, 4) is 0 Å². The molecule has 196 valence electrons. The number of amides is 2. The molecule has 5 aliphatic rings. The largest absolute Gasteiger partial charge is 0.481 e. The SMILES string of the molecule is COCCC1=CN(C2CC3(C(=O)O)CC2C3)C(=O)N[C@@]1(C)c1ccc(C2CC(C(C)(C)C)C2)c(Cl)c1. The Morgan fingerprint density at radius 1 is 1.25 bits per heavy atom. The summed E-state index contributed by atoms with van der Waals surface area (Å²) in [5.41, 5.74) is 2.13. The number of ether oxygens (including phenoxy) is 1. The van der Waals surface area contributed by atoms with E-state index in [0.717, 1.165) is 29.0 Å². The maximum atomic E-state index is 13.4. The van der Waals surface area contributed by atoms with Gasteiger partial charge in [-0.25, -0.2) is 4.79 Å². The van der Waals surface area contributed by atoms with Gasteiger partial charge >= 0.3 is 12.0 Å². The lowest BCUT2D eigenvalue weighted by atomic mass is 9.61. The second-order valence-corrected chi connectivity index (χ2v) is 13.3. The number of nitrogens with zero attached hydrogens (tertiary/aromatic N) is 1. The van der Waals surface area contributed by atoms with Crippen LogP contribution in [0.2, 0.25) is 5.02 Å². The summed E-state index contributed by atoms with van der Waals surface area (Å²) in [7, 11) is 1.68. The van der Waals surface area contributed by atoms with Crippen LogP contribution in [0.1, 0.15) is 83.3 Å². The van der Waals surface area contributed by atoms with Crippen molar-refractivity contribution in [3.05, 3.63) is 46.1 Å². The summed E-state index contributed by atoms with van der Waals surface area (Å²) < 4.78 is 5.40. The number of carbonyl (C=O) groups excluding carboxylic acids is 1. The van der Waals surface area contributed by atoms with Gasteiger partial charge in [-0.1, -0.05) is 44.5 Å². The zero-order valence-corrected chi connectivity index (χ0v) is 22.8. The number of carboxylic acids is 1. The van der Waals surface area contributed by atoms with E-state index in [1.165, 1.54) is 5.56 Å². The van der Waals surface area contributed by atoms with Crippen LogP contribution in [0, 0.1) is 22.7 Å². The number of rotatable bonds is 7. The molecular formula is C29H39ClN2O4. The molecule has 0 spiro atoms. The fourth-order valence-corrected chi connectivity index (χ4v) is 7.36. The molecule has 4 fully saturated rings. The van der Waals surface area contributed by atoms with Crippen LogP contribution in [-0.4, -0.2) is 41.8 Å². The number of hydrogen-bond donors (Lipinski definition) is 2. The zero-order valence-electron chi connectivity index (χ0n) is 22.1. The zero-order chi connectivity index (χ0) is 26.0. The Kier molecular flexibility index (Phi) is 6.23. The number of urea groups is 1. The second kappa shape index (κ2) is 8.76. The van der Waals surface area contributed by atoms with Gasteiger partial charge in [0.1, 0.15) is 0 Å². The molecule has 1 aromatic rings. The van der Waals surface area contributed by atoms with Crippen molar-refractivity contribution in [2.45, 2.75) is 83.7 Å². The summed E-state index contributed by atoms with van der Waals surface area (Å²) in [5, 5.41) is 13.7. The van der Waals surface area contributed by atoms with Crippen LogP contribution in [-0.2, 0) is 15.1 Å². The van der Waals surface area contributed by atoms with E-state index in [9.17, 15) is 14.7 Å². The highest BCUT2D eigenvalue weighted by Gasteiger charge is 2.63. The Hall–Kier alpha value is -2.05. The van der Waals surface area contributed by atoms with Gasteiger partial charge in [0.25, 0.3) is 0 Å². The Labute approximate surface area is 219 Å². The number of carboxylic acid groups (broad SMARTS) is 1. The molecule has 1 heterocycles. The third kappa shape index (κ3) is 4.05. The van der Waals surface area contributed by atoms with Crippen molar-refractivity contribution >= 4 is 23.6 Å². The predicted octanol–water partition coefficient (Wildman–Crippen LogP) is 6.29. The lowest BCUT2D eigenvalue weighted by Gasteiger charge is -2.45. The van der Waals surface area contributed by atoms with Crippen molar-refractivity contribution in [2.24, 2.45) is 22.7 Å². The minimum atomic E-state index is -0.734. The molecule has 2 bridgehead atoms. The lowest BCUT2D eigenvalue weighted by molar-refractivity contribution is -0.153. The number of halogens is 1. The highest BCUT2D eigenvalue weighted by Crippen LogP contribution is 2.61. The molecule has 0 saturated heterocycles. The molecule has 6 rings (SSSR count). The van der Waals surface area contributed by atoms with E-state index in [-0.39, 0.29) is 18.0 Å². The summed E-state index contributed by atoms with van der Waals surface area (Å²) in [4.78, 5) is 27.0. The van der Waals surface area contributed by atoms with E-state index < -0.39 is 16.9 Å². The number of aliphatic carboxylic acids is 1. The highest BCUT2D eigenvalue weighted by molar-refractivity contribution is 6.31. The number of methoxy groups -OCH3 is 1. The molecule has 2 N–H and O–H groups in total. The number of fused-ring (bicyclic) bond motifs is 1. The quantitative estimate of drug-likeness (QED) is 0.448. The van der Waals surface area contributed by atoms with E-state index in [1.807, 2.05) is 19.2 Å². The first kappa shape index (κ1) is 25.6. The third-order valence-electron chi connectivity index (χ3n) is 9.75. The third-order valence-corrected chi connectivity index (χ3v) is 10.1. The van der Waals surface area contributed by atoms with Crippen LogP contribution < -0.4 is 5.32 Å². The normalized spacial score (nSPS) is 35.6. The van der Waals surface area contributed by atoms with Gasteiger partial charge in [-0.2, -0.15) is 0 Å². The number of benzene rings is 1. The van der Waals surface area contributed by atoms with Gasteiger partial charge in [-0.15, -0.1) is 0 Å². The lowest BCUT2D eigenvalue weighted by Crippen LogP contribution is -2.56. The Bertz CT molecular complexity index is 1100. The fourth-order valence-electron chi connectivity index (χ4n) is 7.03. The maximum absolute atomic E-state index is 13.4. The first-order valence-electron chi connectivity index (χ1n) is 13.2. The van der Waals surface area contributed by atoms with Crippen LogP contribution >= 0.6 is 11.6 Å². The van der Waals surface area contributed by atoms with Crippen LogP contribution in [0.4, 0.5) is 4.79 Å². The maximum Gasteiger partial charge on any atom is 0.322 e. The van der Waals surface area contributed by atoms with Crippen LogP contribution in [0.5, 0.6) is 0 Å². The monoisotopic (exact) mass is 514 g/mol. The Balaban J connectivity index is 1.40. The fraction of sp³-hybridized carbons (Fsp3) is 0.655. The standard InChI is InChI=1S/C29H39ClN2O4/c1-27(2,3)21-10-17(11-21)22-7-6-19(12-23(22)30)28(4)20(8-9-36-5)16-32(26(35)31-28)24-15-29(25(33)34)13-18(24)14-29/h6-7,12,16-18,21,24H,8-11,13-15H2,1-5H3,(H,31,35)(H,33,34)/t17?,18?,21?,24?,28-,29?/m0/s1. The number of hydrogen-bond acceptors (Lipinski definition) is 3. The smallest absolute Gasteiger partial charge is 0.322 e. The second-order valence-electron chi connectivity index (χ2n) is 12.9. The van der Waals surface area contributed by atoms with E-state index in [2.05, 4.69) is 38.2 Å². The Morgan fingerprint density at radius 3 is 2.50 bits per heavy atom. The average Bonchev–Trinajstić information content (AvgIpc) is 3.29. The van der Waals surface area contributed by atoms with Crippen molar-refractivity contribution in [1.82, 2.24) is 10.2 Å². The first-order chi connectivity index (χ1) is 16.9. The molecule has 2 atom stereocenters. The average molecular weight is 515 g/mol. The van der Waals surface area contributed by atoms with Gasteiger partial charge in [-0.05, 0) is 91.4 Å². The highest BCUT2D eigenvalue weighted by atomic mass is 35.5. The topological polar surface area (TPSA) is 78.9 Å². The molecule has 4 aliphatic carbocycles. The van der Waals surface area contributed by atoms with Gasteiger partial charge in [0.15, 0.2) is 0 Å². The van der Waals surface area contributed by atoms with Gasteiger partial charge in [-0.3, -0.25) is 9.69 Å². The van der Waals surface area contributed by atoms with Crippen LogP contribution in [0.3, 0.4) is 0 Å². The van der Waals surface area contributed by atoms with Gasteiger partial charge < -0.3 is 15.2 Å². The van der Waals surface area contributed by atoms with Crippen molar-refractivity contribution in [3.63, 3.8) is 0 Å². The molecule has 1 aliphatic heterocycles. The summed E-state index contributed by atoms with van der Waals surface area (Å²) >= 11 is 6.85. The summed E-state index contributed by atoms with van der Waals surface area (Å²) in [5.74, 6) is 0.704.